The minimum absolute atomic E-state index is 0.161. The van der Waals surface area contributed by atoms with Gasteiger partial charge in [0.15, 0.2) is 0 Å². The van der Waals surface area contributed by atoms with Crippen LogP contribution in [-0.2, 0) is 4.79 Å². The third-order valence-electron chi connectivity index (χ3n) is 3.57. The topological polar surface area (TPSA) is 85.6 Å². The van der Waals surface area contributed by atoms with Crippen molar-refractivity contribution in [1.82, 2.24) is 25.2 Å². The Labute approximate surface area is 160 Å². The average molecular weight is 389 g/mol. The summed E-state index contributed by atoms with van der Waals surface area (Å²) in [6.07, 6.45) is 1.48. The first-order chi connectivity index (χ1) is 12.5. The quantitative estimate of drug-likeness (QED) is 0.650. The lowest BCUT2D eigenvalue weighted by Crippen LogP contribution is -2.15. The van der Waals surface area contributed by atoms with Gasteiger partial charge >= 0.3 is 0 Å². The molecule has 0 radical (unpaired) electrons. The number of carbonyl (C=O) groups excluding carboxylic acids is 1. The number of hydrogen-bond acceptors (Lipinski definition) is 6. The van der Waals surface area contributed by atoms with Crippen molar-refractivity contribution < 1.29 is 4.79 Å². The molecular formula is C17H17ClN6OS. The number of rotatable bonds is 6. The van der Waals surface area contributed by atoms with Gasteiger partial charge in [-0.3, -0.25) is 4.79 Å². The first kappa shape index (κ1) is 18.3. The van der Waals surface area contributed by atoms with Crippen LogP contribution in [-0.4, -0.2) is 36.9 Å². The second-order valence-corrected chi connectivity index (χ2v) is 7.20. The van der Waals surface area contributed by atoms with Crippen LogP contribution in [0.2, 0.25) is 5.02 Å². The summed E-state index contributed by atoms with van der Waals surface area (Å²) in [5, 5.41) is 15.5. The van der Waals surface area contributed by atoms with E-state index in [-0.39, 0.29) is 11.7 Å². The minimum atomic E-state index is -0.200. The molecule has 9 heteroatoms. The molecule has 0 atom stereocenters. The van der Waals surface area contributed by atoms with Crippen molar-refractivity contribution in [2.75, 3.05) is 11.1 Å². The number of anilines is 1. The van der Waals surface area contributed by atoms with Crippen LogP contribution in [0.1, 0.15) is 25.3 Å². The molecule has 1 amide bonds. The SMILES string of the molecule is CC(C)c1ccc(-n2nnnc2SCC(=O)Nc2ccc(Cl)cn2)cc1. The van der Waals surface area contributed by atoms with Crippen molar-refractivity contribution in [3.8, 4) is 5.69 Å². The van der Waals surface area contributed by atoms with Crippen LogP contribution in [0, 0.1) is 0 Å². The molecule has 1 N–H and O–H groups in total. The number of halogens is 1. The molecule has 0 aliphatic heterocycles. The van der Waals surface area contributed by atoms with E-state index < -0.39 is 0 Å². The van der Waals surface area contributed by atoms with E-state index >= 15 is 0 Å². The average Bonchev–Trinajstić information content (AvgIpc) is 3.10. The van der Waals surface area contributed by atoms with E-state index in [1.165, 1.54) is 23.5 Å². The molecule has 2 heterocycles. The molecule has 7 nitrogen and oxygen atoms in total. The maximum absolute atomic E-state index is 12.1. The van der Waals surface area contributed by atoms with Gasteiger partial charge in [-0.05, 0) is 46.2 Å². The fraction of sp³-hybridized carbons (Fsp3) is 0.235. The number of hydrogen-bond donors (Lipinski definition) is 1. The summed E-state index contributed by atoms with van der Waals surface area (Å²) in [6, 6.07) is 11.3. The maximum Gasteiger partial charge on any atom is 0.236 e. The van der Waals surface area contributed by atoms with Crippen LogP contribution in [0.3, 0.4) is 0 Å². The molecule has 1 aromatic carbocycles. The summed E-state index contributed by atoms with van der Waals surface area (Å²) in [6.45, 7) is 4.28. The number of amides is 1. The van der Waals surface area contributed by atoms with Crippen molar-refractivity contribution >= 4 is 35.1 Å². The number of aromatic nitrogens is 5. The highest BCUT2D eigenvalue weighted by Crippen LogP contribution is 2.21. The summed E-state index contributed by atoms with van der Waals surface area (Å²) < 4.78 is 1.61. The number of benzene rings is 1. The Hall–Kier alpha value is -2.45. The highest BCUT2D eigenvalue weighted by atomic mass is 35.5. The number of nitrogens with one attached hydrogen (secondary N) is 1. The first-order valence-electron chi connectivity index (χ1n) is 7.96. The van der Waals surface area contributed by atoms with Crippen molar-refractivity contribution in [1.29, 1.82) is 0 Å². The van der Waals surface area contributed by atoms with Crippen LogP contribution in [0.25, 0.3) is 5.69 Å². The van der Waals surface area contributed by atoms with Gasteiger partial charge < -0.3 is 5.32 Å². The summed E-state index contributed by atoms with van der Waals surface area (Å²) in [5.41, 5.74) is 2.09. The number of pyridine rings is 1. The molecule has 0 unspecified atom stereocenters. The Morgan fingerprint density at radius 3 is 2.65 bits per heavy atom. The van der Waals surface area contributed by atoms with Gasteiger partial charge in [-0.15, -0.1) is 5.10 Å². The number of tetrazole rings is 1. The maximum atomic E-state index is 12.1. The molecular weight excluding hydrogens is 372 g/mol. The molecule has 0 fully saturated rings. The predicted molar refractivity (Wildman–Crippen MR) is 102 cm³/mol. The molecule has 0 bridgehead atoms. The lowest BCUT2D eigenvalue weighted by Gasteiger charge is -2.08. The fourth-order valence-electron chi connectivity index (χ4n) is 2.19. The molecule has 0 saturated carbocycles. The second kappa shape index (κ2) is 8.29. The molecule has 134 valence electrons. The van der Waals surface area contributed by atoms with Crippen LogP contribution in [0.15, 0.2) is 47.8 Å². The summed E-state index contributed by atoms with van der Waals surface area (Å²) in [7, 11) is 0. The van der Waals surface area contributed by atoms with E-state index in [1.807, 2.05) is 12.1 Å². The molecule has 0 spiro atoms. The Kier molecular flexibility index (Phi) is 5.85. The lowest BCUT2D eigenvalue weighted by atomic mass is 10.0. The predicted octanol–water partition coefficient (Wildman–Crippen LogP) is 3.56. The molecule has 3 aromatic rings. The van der Waals surface area contributed by atoms with E-state index in [2.05, 4.69) is 51.8 Å². The van der Waals surface area contributed by atoms with Gasteiger partial charge in [0, 0.05) is 6.20 Å². The third-order valence-corrected chi connectivity index (χ3v) is 4.72. The van der Waals surface area contributed by atoms with Crippen molar-refractivity contribution in [2.24, 2.45) is 0 Å². The van der Waals surface area contributed by atoms with E-state index in [0.717, 1.165) is 5.69 Å². The van der Waals surface area contributed by atoms with Crippen molar-refractivity contribution in [2.45, 2.75) is 24.9 Å². The smallest absolute Gasteiger partial charge is 0.236 e. The minimum Gasteiger partial charge on any atom is -0.310 e. The Morgan fingerprint density at radius 1 is 1.23 bits per heavy atom. The van der Waals surface area contributed by atoms with Gasteiger partial charge in [0.1, 0.15) is 5.82 Å². The second-order valence-electron chi connectivity index (χ2n) is 5.82. The van der Waals surface area contributed by atoms with Gasteiger partial charge in [-0.1, -0.05) is 49.3 Å². The van der Waals surface area contributed by atoms with Crippen LogP contribution in [0.5, 0.6) is 0 Å². The molecule has 0 saturated heterocycles. The molecule has 0 aliphatic carbocycles. The van der Waals surface area contributed by atoms with E-state index in [4.69, 9.17) is 11.6 Å². The first-order valence-corrected chi connectivity index (χ1v) is 9.32. The Bertz CT molecular complexity index is 879. The molecule has 26 heavy (non-hydrogen) atoms. The zero-order valence-corrected chi connectivity index (χ0v) is 15.8. The van der Waals surface area contributed by atoms with Crippen LogP contribution in [0.4, 0.5) is 5.82 Å². The monoisotopic (exact) mass is 388 g/mol. The lowest BCUT2D eigenvalue weighted by molar-refractivity contribution is -0.113. The zero-order chi connectivity index (χ0) is 18.5. The van der Waals surface area contributed by atoms with Gasteiger partial charge in [-0.25, -0.2) is 4.98 Å². The van der Waals surface area contributed by atoms with E-state index in [1.54, 1.807) is 16.8 Å². The largest absolute Gasteiger partial charge is 0.310 e. The number of thioether (sulfide) groups is 1. The standard InChI is InChI=1S/C17H17ClN6OS/c1-11(2)12-3-6-14(7-4-12)24-17(21-22-23-24)26-10-16(25)20-15-8-5-13(18)9-19-15/h3-9,11H,10H2,1-2H3,(H,19,20,25). The van der Waals surface area contributed by atoms with Gasteiger partial charge in [0.25, 0.3) is 0 Å². The molecule has 0 aliphatic rings. The van der Waals surface area contributed by atoms with Crippen LogP contribution < -0.4 is 5.32 Å². The van der Waals surface area contributed by atoms with E-state index in [9.17, 15) is 4.79 Å². The fourth-order valence-corrected chi connectivity index (χ4v) is 2.99. The molecule has 2 aromatic heterocycles. The van der Waals surface area contributed by atoms with Gasteiger partial charge in [0.05, 0.1) is 16.5 Å². The highest BCUT2D eigenvalue weighted by Gasteiger charge is 2.12. The van der Waals surface area contributed by atoms with Gasteiger partial charge in [-0.2, -0.15) is 4.68 Å². The summed E-state index contributed by atoms with van der Waals surface area (Å²) >= 11 is 7.03. The van der Waals surface area contributed by atoms with Crippen molar-refractivity contribution in [3.05, 3.63) is 53.2 Å². The zero-order valence-electron chi connectivity index (χ0n) is 14.3. The number of nitrogens with zero attached hydrogens (tertiary/aromatic N) is 5. The number of carbonyl (C=O) groups is 1. The van der Waals surface area contributed by atoms with E-state index in [0.29, 0.717) is 21.9 Å². The summed E-state index contributed by atoms with van der Waals surface area (Å²) in [4.78, 5) is 16.1. The van der Waals surface area contributed by atoms with Gasteiger partial charge in [0.2, 0.25) is 11.1 Å². The molecule has 3 rings (SSSR count). The summed E-state index contributed by atoms with van der Waals surface area (Å²) in [5.74, 6) is 0.865. The Balaban J connectivity index is 1.63. The third kappa shape index (κ3) is 4.59. The normalized spacial score (nSPS) is 10.9. The van der Waals surface area contributed by atoms with Crippen LogP contribution >= 0.6 is 23.4 Å². The highest BCUT2D eigenvalue weighted by molar-refractivity contribution is 7.99. The Morgan fingerprint density at radius 2 is 2.00 bits per heavy atom. The van der Waals surface area contributed by atoms with Crippen molar-refractivity contribution in [3.63, 3.8) is 0 Å².